The molecule has 0 spiro atoms. The molecule has 0 aliphatic carbocycles. The molecule has 7 heteroatoms. The molecule has 0 radical (unpaired) electrons. The Bertz CT molecular complexity index is 595. The van der Waals surface area contributed by atoms with E-state index in [0.717, 1.165) is 12.8 Å². The van der Waals surface area contributed by atoms with Crippen LogP contribution in [-0.4, -0.2) is 36.4 Å². The summed E-state index contributed by atoms with van der Waals surface area (Å²) in [6.45, 7) is 9.03. The molecule has 1 unspecified atom stereocenters. The molecule has 5 nitrogen and oxygen atoms in total. The van der Waals surface area contributed by atoms with Gasteiger partial charge in [-0.2, -0.15) is 0 Å². The minimum absolute atomic E-state index is 0.0267. The standard InChI is InChI=1S/C14H23ClN2O3S/c1-5-8-16-10-12(21(15,19)20)9-13(16)14(18)17(7-3)11(4)6-2/h9-11H,5-8H2,1-4H3. The van der Waals surface area contributed by atoms with Crippen molar-refractivity contribution in [2.45, 2.75) is 58.0 Å². The molecule has 0 aromatic carbocycles. The van der Waals surface area contributed by atoms with E-state index in [4.69, 9.17) is 10.7 Å². The van der Waals surface area contributed by atoms with E-state index in [2.05, 4.69) is 0 Å². The molecule has 0 aliphatic rings. The average molecular weight is 335 g/mol. The number of rotatable bonds is 7. The topological polar surface area (TPSA) is 59.4 Å². The first kappa shape index (κ1) is 18.0. The lowest BCUT2D eigenvalue weighted by molar-refractivity contribution is 0.0688. The highest BCUT2D eigenvalue weighted by molar-refractivity contribution is 8.13. The number of aryl methyl sites for hydroxylation is 1. The number of carbonyl (C=O) groups is 1. The highest BCUT2D eigenvalue weighted by Gasteiger charge is 2.25. The Balaban J connectivity index is 3.26. The minimum Gasteiger partial charge on any atom is -0.342 e. The van der Waals surface area contributed by atoms with Gasteiger partial charge in [-0.25, -0.2) is 8.42 Å². The third kappa shape index (κ3) is 4.23. The van der Waals surface area contributed by atoms with Gasteiger partial charge in [0.1, 0.15) is 10.6 Å². The van der Waals surface area contributed by atoms with Crippen LogP contribution in [0.15, 0.2) is 17.2 Å². The molecular formula is C14H23ClN2O3S. The van der Waals surface area contributed by atoms with Crippen LogP contribution in [0.3, 0.4) is 0 Å². The Morgan fingerprint density at radius 1 is 1.38 bits per heavy atom. The Labute approximate surface area is 131 Å². The third-order valence-electron chi connectivity index (χ3n) is 3.56. The fourth-order valence-electron chi connectivity index (χ4n) is 2.24. The monoisotopic (exact) mass is 334 g/mol. The molecule has 0 saturated heterocycles. The molecule has 1 atom stereocenters. The van der Waals surface area contributed by atoms with Gasteiger partial charge in [-0.15, -0.1) is 0 Å². The van der Waals surface area contributed by atoms with Crippen molar-refractivity contribution in [3.8, 4) is 0 Å². The van der Waals surface area contributed by atoms with Crippen LogP contribution >= 0.6 is 10.7 Å². The number of hydrogen-bond acceptors (Lipinski definition) is 3. The maximum atomic E-state index is 12.7. The van der Waals surface area contributed by atoms with Crippen LogP contribution in [0.5, 0.6) is 0 Å². The second-order valence-corrected chi connectivity index (χ2v) is 7.61. The van der Waals surface area contributed by atoms with E-state index >= 15 is 0 Å². The van der Waals surface area contributed by atoms with Crippen molar-refractivity contribution in [2.24, 2.45) is 0 Å². The largest absolute Gasteiger partial charge is 0.342 e. The Hall–Kier alpha value is -1.01. The van der Waals surface area contributed by atoms with Crippen LogP contribution in [0.1, 0.15) is 51.0 Å². The highest BCUT2D eigenvalue weighted by atomic mass is 35.7. The van der Waals surface area contributed by atoms with Gasteiger partial charge in [-0.3, -0.25) is 4.79 Å². The first-order valence-electron chi connectivity index (χ1n) is 7.21. The fraction of sp³-hybridized carbons (Fsp3) is 0.643. The smallest absolute Gasteiger partial charge is 0.270 e. The van der Waals surface area contributed by atoms with Gasteiger partial charge in [-0.05, 0) is 32.8 Å². The molecule has 0 aliphatic heterocycles. The Kier molecular flexibility index (Phi) is 6.28. The van der Waals surface area contributed by atoms with Gasteiger partial charge < -0.3 is 9.47 Å². The lowest BCUT2D eigenvalue weighted by atomic mass is 10.2. The normalized spacial score (nSPS) is 13.2. The van der Waals surface area contributed by atoms with Crippen molar-refractivity contribution < 1.29 is 13.2 Å². The first-order chi connectivity index (χ1) is 9.76. The summed E-state index contributed by atoms with van der Waals surface area (Å²) in [4.78, 5) is 14.4. The Morgan fingerprint density at radius 3 is 2.43 bits per heavy atom. The Morgan fingerprint density at radius 2 is 2.00 bits per heavy atom. The molecule has 0 fully saturated rings. The van der Waals surface area contributed by atoms with Crippen LogP contribution in [0.4, 0.5) is 0 Å². The summed E-state index contributed by atoms with van der Waals surface area (Å²) in [6.07, 6.45) is 3.07. The molecule has 0 saturated carbocycles. The maximum absolute atomic E-state index is 12.7. The van der Waals surface area contributed by atoms with E-state index in [9.17, 15) is 13.2 Å². The molecule has 0 N–H and O–H groups in total. The van der Waals surface area contributed by atoms with Crippen LogP contribution in [0.2, 0.25) is 0 Å². The van der Waals surface area contributed by atoms with Crippen molar-refractivity contribution in [3.63, 3.8) is 0 Å². The predicted octanol–water partition coefficient (Wildman–Crippen LogP) is 3.09. The molecule has 0 bridgehead atoms. The van der Waals surface area contributed by atoms with Gasteiger partial charge in [0.25, 0.3) is 15.0 Å². The maximum Gasteiger partial charge on any atom is 0.270 e. The van der Waals surface area contributed by atoms with Crippen LogP contribution in [0, 0.1) is 0 Å². The fourth-order valence-corrected chi connectivity index (χ4v) is 3.00. The first-order valence-corrected chi connectivity index (χ1v) is 9.52. The molecule has 1 amide bonds. The van der Waals surface area contributed by atoms with Gasteiger partial charge in [0.15, 0.2) is 0 Å². The van der Waals surface area contributed by atoms with E-state index < -0.39 is 9.05 Å². The number of hydrogen-bond donors (Lipinski definition) is 0. The summed E-state index contributed by atoms with van der Waals surface area (Å²) >= 11 is 0. The minimum atomic E-state index is -3.83. The van der Waals surface area contributed by atoms with Gasteiger partial charge in [0.2, 0.25) is 0 Å². The zero-order valence-corrected chi connectivity index (χ0v) is 14.5. The number of halogens is 1. The van der Waals surface area contributed by atoms with E-state index in [-0.39, 0.29) is 16.8 Å². The van der Waals surface area contributed by atoms with Gasteiger partial charge in [0, 0.05) is 36.0 Å². The highest BCUT2D eigenvalue weighted by Crippen LogP contribution is 2.21. The van der Waals surface area contributed by atoms with E-state index in [0.29, 0.717) is 18.8 Å². The lowest BCUT2D eigenvalue weighted by Gasteiger charge is -2.27. The van der Waals surface area contributed by atoms with Crippen molar-refractivity contribution in [2.75, 3.05) is 6.54 Å². The van der Waals surface area contributed by atoms with E-state index in [1.165, 1.54) is 12.3 Å². The molecular weight excluding hydrogens is 312 g/mol. The number of nitrogens with zero attached hydrogens (tertiary/aromatic N) is 2. The lowest BCUT2D eigenvalue weighted by Crippen LogP contribution is -2.39. The second kappa shape index (κ2) is 7.31. The van der Waals surface area contributed by atoms with Crippen molar-refractivity contribution in [1.29, 1.82) is 0 Å². The third-order valence-corrected chi connectivity index (χ3v) is 4.88. The van der Waals surface area contributed by atoms with Gasteiger partial charge in [-0.1, -0.05) is 13.8 Å². The van der Waals surface area contributed by atoms with Crippen molar-refractivity contribution in [3.05, 3.63) is 18.0 Å². The van der Waals surface area contributed by atoms with E-state index in [1.807, 2.05) is 27.7 Å². The summed E-state index contributed by atoms with van der Waals surface area (Å²) < 4.78 is 24.6. The zero-order valence-electron chi connectivity index (χ0n) is 13.0. The summed E-state index contributed by atoms with van der Waals surface area (Å²) in [7, 11) is 1.55. The molecule has 1 aromatic heterocycles. The van der Waals surface area contributed by atoms with Crippen LogP contribution < -0.4 is 0 Å². The summed E-state index contributed by atoms with van der Waals surface area (Å²) in [5.41, 5.74) is 0.373. The summed E-state index contributed by atoms with van der Waals surface area (Å²) in [6, 6.07) is 1.47. The molecule has 1 aromatic rings. The average Bonchev–Trinajstić information content (AvgIpc) is 2.83. The van der Waals surface area contributed by atoms with Crippen molar-refractivity contribution in [1.82, 2.24) is 9.47 Å². The molecule has 120 valence electrons. The number of amides is 1. The molecule has 1 rings (SSSR count). The molecule has 21 heavy (non-hydrogen) atoms. The summed E-state index contributed by atoms with van der Waals surface area (Å²) in [5, 5.41) is 0. The second-order valence-electron chi connectivity index (χ2n) is 5.04. The van der Waals surface area contributed by atoms with Crippen LogP contribution in [0.25, 0.3) is 0 Å². The van der Waals surface area contributed by atoms with Crippen LogP contribution in [-0.2, 0) is 15.6 Å². The summed E-state index contributed by atoms with van der Waals surface area (Å²) in [5.74, 6) is -0.160. The van der Waals surface area contributed by atoms with Gasteiger partial charge >= 0.3 is 0 Å². The zero-order chi connectivity index (χ0) is 16.2. The number of carbonyl (C=O) groups excluding carboxylic acids is 1. The van der Waals surface area contributed by atoms with Gasteiger partial charge in [0.05, 0.1) is 0 Å². The van der Waals surface area contributed by atoms with E-state index in [1.54, 1.807) is 9.47 Å². The SMILES string of the molecule is CCCn1cc(S(=O)(=O)Cl)cc1C(=O)N(CC)C(C)CC. The predicted molar refractivity (Wildman–Crippen MR) is 84.2 cm³/mol. The number of aromatic nitrogens is 1. The van der Waals surface area contributed by atoms with Crippen molar-refractivity contribution >= 4 is 25.6 Å². The molecule has 1 heterocycles. The quantitative estimate of drug-likeness (QED) is 0.720.